The van der Waals surface area contributed by atoms with Gasteiger partial charge in [0.05, 0.1) is 7.11 Å². The quantitative estimate of drug-likeness (QED) is 0.801. The Morgan fingerprint density at radius 2 is 1.89 bits per heavy atom. The zero-order chi connectivity index (χ0) is 13.1. The van der Waals surface area contributed by atoms with Crippen LogP contribution in [0.15, 0.2) is 24.3 Å². The third-order valence-corrected chi connectivity index (χ3v) is 4.71. The summed E-state index contributed by atoms with van der Waals surface area (Å²) in [5.41, 5.74) is 1.43. The van der Waals surface area contributed by atoms with Crippen LogP contribution < -0.4 is 10.1 Å². The third-order valence-electron chi connectivity index (χ3n) is 4.71. The van der Waals surface area contributed by atoms with Crippen LogP contribution in [0.25, 0.3) is 0 Å². The summed E-state index contributed by atoms with van der Waals surface area (Å²) in [5, 5.41) is 3.79. The lowest BCUT2D eigenvalue weighted by Crippen LogP contribution is -2.27. The molecular formula is C17H25NO. The molecule has 0 aliphatic heterocycles. The summed E-state index contributed by atoms with van der Waals surface area (Å²) < 4.78 is 5.24. The molecule has 1 aromatic carbocycles. The Morgan fingerprint density at radius 3 is 2.42 bits per heavy atom. The summed E-state index contributed by atoms with van der Waals surface area (Å²) in [6.07, 6.45) is 8.49. The van der Waals surface area contributed by atoms with E-state index in [9.17, 15) is 0 Å². The van der Waals surface area contributed by atoms with Crippen LogP contribution in [0.2, 0.25) is 0 Å². The molecule has 104 valence electrons. The Morgan fingerprint density at radius 1 is 1.16 bits per heavy atom. The first kappa shape index (κ1) is 13.0. The molecule has 2 heteroatoms. The Kier molecular flexibility index (Phi) is 4.07. The maximum absolute atomic E-state index is 5.24. The van der Waals surface area contributed by atoms with Crippen molar-refractivity contribution in [1.29, 1.82) is 0 Å². The molecule has 1 N–H and O–H groups in total. The van der Waals surface area contributed by atoms with Gasteiger partial charge in [-0.1, -0.05) is 31.4 Å². The van der Waals surface area contributed by atoms with Crippen molar-refractivity contribution >= 4 is 0 Å². The van der Waals surface area contributed by atoms with Crippen LogP contribution in [-0.4, -0.2) is 13.7 Å². The standard InChI is InChI=1S/C17H25NO/c1-19-16-9-7-15(8-10-16)17(14-5-6-14)18-12-11-13-3-2-4-13/h7-10,13-14,17-18H,2-6,11-12H2,1H3. The highest BCUT2D eigenvalue weighted by Gasteiger charge is 2.32. The normalized spacial score (nSPS) is 20.9. The predicted octanol–water partition coefficient (Wildman–Crippen LogP) is 3.93. The first-order chi connectivity index (χ1) is 9.36. The second-order valence-electron chi connectivity index (χ2n) is 6.13. The van der Waals surface area contributed by atoms with E-state index < -0.39 is 0 Å². The predicted molar refractivity (Wildman–Crippen MR) is 78.4 cm³/mol. The first-order valence-corrected chi connectivity index (χ1v) is 7.74. The molecular weight excluding hydrogens is 234 g/mol. The Labute approximate surface area is 116 Å². The van der Waals surface area contributed by atoms with Crippen LogP contribution in [0.4, 0.5) is 0 Å². The van der Waals surface area contributed by atoms with Gasteiger partial charge in [0.15, 0.2) is 0 Å². The van der Waals surface area contributed by atoms with Gasteiger partial charge in [-0.05, 0) is 55.3 Å². The van der Waals surface area contributed by atoms with E-state index in [0.29, 0.717) is 6.04 Å². The first-order valence-electron chi connectivity index (χ1n) is 7.74. The van der Waals surface area contributed by atoms with Crippen LogP contribution in [0.5, 0.6) is 5.75 Å². The van der Waals surface area contributed by atoms with Crippen molar-refractivity contribution in [2.75, 3.05) is 13.7 Å². The number of methoxy groups -OCH3 is 1. The number of ether oxygens (including phenoxy) is 1. The number of hydrogen-bond acceptors (Lipinski definition) is 2. The van der Waals surface area contributed by atoms with E-state index in [-0.39, 0.29) is 0 Å². The fraction of sp³-hybridized carbons (Fsp3) is 0.647. The summed E-state index contributed by atoms with van der Waals surface area (Å²) in [4.78, 5) is 0. The Balaban J connectivity index is 1.55. The number of benzene rings is 1. The molecule has 19 heavy (non-hydrogen) atoms. The lowest BCUT2D eigenvalue weighted by atomic mass is 9.83. The van der Waals surface area contributed by atoms with Gasteiger partial charge in [0.25, 0.3) is 0 Å². The summed E-state index contributed by atoms with van der Waals surface area (Å²) in [6.45, 7) is 1.18. The molecule has 0 amide bonds. The molecule has 0 radical (unpaired) electrons. The van der Waals surface area contributed by atoms with E-state index in [1.54, 1.807) is 7.11 Å². The average Bonchev–Trinajstić information content (AvgIpc) is 3.21. The lowest BCUT2D eigenvalue weighted by Gasteiger charge is -2.27. The van der Waals surface area contributed by atoms with Crippen LogP contribution in [0.3, 0.4) is 0 Å². The van der Waals surface area contributed by atoms with Crippen molar-refractivity contribution < 1.29 is 4.74 Å². The topological polar surface area (TPSA) is 21.3 Å². The molecule has 2 aliphatic rings. The average molecular weight is 259 g/mol. The molecule has 0 aromatic heterocycles. The van der Waals surface area contributed by atoms with Crippen LogP contribution in [0.1, 0.15) is 50.1 Å². The minimum atomic E-state index is 0.561. The van der Waals surface area contributed by atoms with E-state index >= 15 is 0 Å². The molecule has 1 atom stereocenters. The third kappa shape index (κ3) is 3.30. The minimum absolute atomic E-state index is 0.561. The van der Waals surface area contributed by atoms with E-state index in [2.05, 4.69) is 29.6 Å². The number of nitrogens with one attached hydrogen (secondary N) is 1. The zero-order valence-electron chi connectivity index (χ0n) is 11.9. The van der Waals surface area contributed by atoms with E-state index in [0.717, 1.165) is 17.6 Å². The van der Waals surface area contributed by atoms with Gasteiger partial charge in [-0.25, -0.2) is 0 Å². The van der Waals surface area contributed by atoms with Gasteiger partial charge >= 0.3 is 0 Å². The van der Waals surface area contributed by atoms with Gasteiger partial charge in [-0.2, -0.15) is 0 Å². The maximum Gasteiger partial charge on any atom is 0.118 e. The van der Waals surface area contributed by atoms with Crippen LogP contribution in [0, 0.1) is 11.8 Å². The van der Waals surface area contributed by atoms with E-state index in [4.69, 9.17) is 4.74 Å². The highest BCUT2D eigenvalue weighted by molar-refractivity contribution is 5.30. The Bertz CT molecular complexity index is 392. The van der Waals surface area contributed by atoms with Crippen LogP contribution in [-0.2, 0) is 0 Å². The van der Waals surface area contributed by atoms with Gasteiger partial charge in [-0.3, -0.25) is 0 Å². The van der Waals surface area contributed by atoms with E-state index in [1.165, 1.54) is 50.6 Å². The summed E-state index contributed by atoms with van der Waals surface area (Å²) >= 11 is 0. The maximum atomic E-state index is 5.24. The second-order valence-corrected chi connectivity index (χ2v) is 6.13. The summed E-state index contributed by atoms with van der Waals surface area (Å²) in [7, 11) is 1.73. The molecule has 3 rings (SSSR count). The molecule has 2 saturated carbocycles. The Hall–Kier alpha value is -1.02. The van der Waals surface area contributed by atoms with Crippen molar-refractivity contribution in [3.8, 4) is 5.75 Å². The summed E-state index contributed by atoms with van der Waals surface area (Å²) in [6, 6.07) is 9.17. The lowest BCUT2D eigenvalue weighted by molar-refractivity contribution is 0.285. The van der Waals surface area contributed by atoms with E-state index in [1.807, 2.05) is 0 Å². The van der Waals surface area contributed by atoms with Crippen molar-refractivity contribution in [2.24, 2.45) is 11.8 Å². The molecule has 2 aliphatic carbocycles. The van der Waals surface area contributed by atoms with Crippen molar-refractivity contribution in [1.82, 2.24) is 5.32 Å². The molecule has 2 nitrogen and oxygen atoms in total. The fourth-order valence-corrected chi connectivity index (χ4v) is 3.02. The minimum Gasteiger partial charge on any atom is -0.497 e. The molecule has 0 spiro atoms. The highest BCUT2D eigenvalue weighted by atomic mass is 16.5. The zero-order valence-corrected chi connectivity index (χ0v) is 11.9. The van der Waals surface area contributed by atoms with Gasteiger partial charge < -0.3 is 10.1 Å². The SMILES string of the molecule is COc1ccc(C(NCCC2CCC2)C2CC2)cc1. The smallest absolute Gasteiger partial charge is 0.118 e. The van der Waals surface area contributed by atoms with Gasteiger partial charge in [-0.15, -0.1) is 0 Å². The van der Waals surface area contributed by atoms with Gasteiger partial charge in [0, 0.05) is 6.04 Å². The molecule has 1 unspecified atom stereocenters. The number of hydrogen-bond donors (Lipinski definition) is 1. The molecule has 0 bridgehead atoms. The van der Waals surface area contributed by atoms with Gasteiger partial charge in [0.1, 0.15) is 5.75 Å². The van der Waals surface area contributed by atoms with Crippen LogP contribution >= 0.6 is 0 Å². The van der Waals surface area contributed by atoms with Crippen molar-refractivity contribution in [3.05, 3.63) is 29.8 Å². The number of rotatable bonds is 7. The van der Waals surface area contributed by atoms with Crippen molar-refractivity contribution in [2.45, 2.75) is 44.6 Å². The van der Waals surface area contributed by atoms with Crippen molar-refractivity contribution in [3.63, 3.8) is 0 Å². The molecule has 0 saturated heterocycles. The largest absolute Gasteiger partial charge is 0.497 e. The molecule has 1 aromatic rings. The molecule has 0 heterocycles. The monoisotopic (exact) mass is 259 g/mol. The molecule has 2 fully saturated rings. The van der Waals surface area contributed by atoms with Gasteiger partial charge in [0.2, 0.25) is 0 Å². The fourth-order valence-electron chi connectivity index (χ4n) is 3.02. The summed E-state index contributed by atoms with van der Waals surface area (Å²) in [5.74, 6) is 2.81. The second kappa shape index (κ2) is 5.96. The highest BCUT2D eigenvalue weighted by Crippen LogP contribution is 2.41.